The van der Waals surface area contributed by atoms with Gasteiger partial charge in [0, 0.05) is 18.7 Å². The van der Waals surface area contributed by atoms with Crippen LogP contribution >= 0.6 is 23.3 Å². The molecule has 0 radical (unpaired) electrons. The predicted molar refractivity (Wildman–Crippen MR) is 197 cm³/mol. The lowest BCUT2D eigenvalue weighted by molar-refractivity contribution is -0.0708. The number of ether oxygens (including phenoxy) is 2. The van der Waals surface area contributed by atoms with Gasteiger partial charge in [-0.1, -0.05) is 81.7 Å². The number of fused-ring (bicyclic) bond motifs is 1. The minimum absolute atomic E-state index is 0.0536. The summed E-state index contributed by atoms with van der Waals surface area (Å²) >= 11 is 6.44. The Labute approximate surface area is 287 Å². The molecule has 2 aliphatic rings. The molecular formula is C35H58N4O5S2. The molecule has 0 bridgehead atoms. The first kappa shape index (κ1) is 43.6. The van der Waals surface area contributed by atoms with Crippen LogP contribution in [0.1, 0.15) is 120 Å². The third kappa shape index (κ3) is 15.0. The standard InChI is InChI=1S/C28H38N4O5.C5H12.C2H6.H2S2/c1-18(2)8-6-9-19(3)10-7-11-20(4)12-13-31-27(33)23(15-29)17-32(28(31)34)24-14-22(16-30-35)25-26(24)37-21(5)36-25;1-5(2,3)4;2*1-2/h8,10,12,17,21-22,24-26H,6-7,9,11,13-14,16H2,1-5H3;1-4H3;1-2H3;1-2H/b19-10+,20-12+;;;. The fraction of sp³-hybridized carbons (Fsp3) is 0.686. The zero-order chi connectivity index (χ0) is 35.6. The lowest BCUT2D eigenvalue weighted by atomic mass is 10.0. The smallest absolute Gasteiger partial charge is 0.331 e. The van der Waals surface area contributed by atoms with Crippen molar-refractivity contribution in [3.63, 3.8) is 0 Å². The Hall–Kier alpha value is -2.39. The van der Waals surface area contributed by atoms with E-state index in [-0.39, 0.29) is 30.7 Å². The van der Waals surface area contributed by atoms with Crippen LogP contribution in [-0.4, -0.2) is 34.2 Å². The van der Waals surface area contributed by atoms with Crippen molar-refractivity contribution in [3.8, 4) is 6.07 Å². The van der Waals surface area contributed by atoms with Crippen molar-refractivity contribution in [2.24, 2.45) is 16.5 Å². The maximum atomic E-state index is 13.4. The lowest BCUT2D eigenvalue weighted by Gasteiger charge is -2.21. The van der Waals surface area contributed by atoms with E-state index in [9.17, 15) is 19.8 Å². The molecule has 0 spiro atoms. The highest BCUT2D eigenvalue weighted by molar-refractivity contribution is 8.59. The topological polar surface area (TPSA) is 116 Å². The Bertz CT molecular complexity index is 1320. The van der Waals surface area contributed by atoms with Crippen LogP contribution < -0.4 is 11.2 Å². The lowest BCUT2D eigenvalue weighted by Crippen LogP contribution is -2.43. The van der Waals surface area contributed by atoms with Gasteiger partial charge in [-0.2, -0.15) is 10.2 Å². The molecule has 0 N–H and O–H groups in total. The van der Waals surface area contributed by atoms with Crippen LogP contribution in [0, 0.1) is 27.6 Å². The van der Waals surface area contributed by atoms with Crippen molar-refractivity contribution in [2.45, 2.75) is 139 Å². The summed E-state index contributed by atoms with van der Waals surface area (Å²) in [4.78, 5) is 37.3. The van der Waals surface area contributed by atoms with E-state index in [0.717, 1.165) is 35.8 Å². The van der Waals surface area contributed by atoms with Crippen LogP contribution in [0.4, 0.5) is 0 Å². The summed E-state index contributed by atoms with van der Waals surface area (Å²) in [5.41, 5.74) is 3.01. The number of nitriles is 1. The van der Waals surface area contributed by atoms with Gasteiger partial charge in [0.1, 0.15) is 17.7 Å². The summed E-state index contributed by atoms with van der Waals surface area (Å²) < 4.78 is 14.2. The van der Waals surface area contributed by atoms with Gasteiger partial charge in [0.15, 0.2) is 6.29 Å². The van der Waals surface area contributed by atoms with Gasteiger partial charge in [-0.25, -0.2) is 4.79 Å². The predicted octanol–water partition coefficient (Wildman–Crippen LogP) is 8.60. The third-order valence-corrected chi connectivity index (χ3v) is 7.14. The summed E-state index contributed by atoms with van der Waals surface area (Å²) in [6, 6.07) is 1.46. The summed E-state index contributed by atoms with van der Waals surface area (Å²) in [6.45, 7) is 23.0. The van der Waals surface area contributed by atoms with Gasteiger partial charge in [0.05, 0.1) is 18.7 Å². The van der Waals surface area contributed by atoms with Crippen LogP contribution in [0.15, 0.2) is 55.9 Å². The Morgan fingerprint density at radius 2 is 1.52 bits per heavy atom. The van der Waals surface area contributed by atoms with E-state index in [1.54, 1.807) is 6.92 Å². The van der Waals surface area contributed by atoms with Gasteiger partial charge in [0.2, 0.25) is 0 Å². The fourth-order valence-corrected chi connectivity index (χ4v) is 5.13. The number of nitrogens with zero attached hydrogens (tertiary/aromatic N) is 4. The van der Waals surface area contributed by atoms with E-state index >= 15 is 0 Å². The quantitative estimate of drug-likeness (QED) is 0.105. The Kier molecular flexibility index (Phi) is 21.1. The minimum atomic E-state index is -0.611. The highest BCUT2D eigenvalue weighted by atomic mass is 33.1. The first-order valence-corrected chi connectivity index (χ1v) is 17.8. The van der Waals surface area contributed by atoms with Crippen molar-refractivity contribution >= 4 is 23.3 Å². The molecule has 5 atom stereocenters. The first-order valence-electron chi connectivity index (χ1n) is 16.2. The summed E-state index contributed by atoms with van der Waals surface area (Å²) in [5, 5.41) is 12.6. The van der Waals surface area contributed by atoms with E-state index in [0.29, 0.717) is 11.8 Å². The van der Waals surface area contributed by atoms with Gasteiger partial charge in [-0.15, -0.1) is 23.3 Å². The first-order chi connectivity index (χ1) is 21.7. The van der Waals surface area contributed by atoms with Gasteiger partial charge >= 0.3 is 5.69 Å². The number of allylic oxidation sites excluding steroid dienone is 6. The van der Waals surface area contributed by atoms with Crippen LogP contribution in [0.3, 0.4) is 0 Å². The molecule has 1 aromatic rings. The molecule has 0 aromatic carbocycles. The van der Waals surface area contributed by atoms with Gasteiger partial charge in [-0.3, -0.25) is 13.9 Å². The SMILES string of the molecule is CC.CC(C)(C)C.CC(C)=CCC/C(C)=C/CC/C(C)=C/Cn1c(=O)c(C#N)cn(C2CC(CN=O)C3OC(C)OC32)c1=O.SS. The molecule has 2 fully saturated rings. The summed E-state index contributed by atoms with van der Waals surface area (Å²) in [5.74, 6) is -0.198. The third-order valence-electron chi connectivity index (χ3n) is 7.14. The Morgan fingerprint density at radius 1 is 1.00 bits per heavy atom. The van der Waals surface area contributed by atoms with Crippen molar-refractivity contribution in [3.05, 3.63) is 72.5 Å². The fourth-order valence-electron chi connectivity index (χ4n) is 5.13. The highest BCUT2D eigenvalue weighted by Crippen LogP contribution is 2.43. The highest BCUT2D eigenvalue weighted by Gasteiger charge is 2.51. The number of hydrogen-bond acceptors (Lipinski definition) is 9. The molecular weight excluding hydrogens is 621 g/mol. The second kappa shape index (κ2) is 22.2. The number of hydrogen-bond donors (Lipinski definition) is 2. The Balaban J connectivity index is 0.00000201. The zero-order valence-electron chi connectivity index (χ0n) is 29.9. The van der Waals surface area contributed by atoms with E-state index in [1.165, 1.54) is 21.9 Å². The number of thiol groups is 2. The number of rotatable bonds is 11. The molecule has 2 heterocycles. The van der Waals surface area contributed by atoms with E-state index in [1.807, 2.05) is 32.9 Å². The molecule has 1 saturated carbocycles. The maximum absolute atomic E-state index is 13.4. The van der Waals surface area contributed by atoms with Crippen LogP contribution in [0.5, 0.6) is 0 Å². The molecule has 1 saturated heterocycles. The van der Waals surface area contributed by atoms with Gasteiger partial charge in [0.25, 0.3) is 5.56 Å². The monoisotopic (exact) mass is 678 g/mol. The van der Waals surface area contributed by atoms with Crippen molar-refractivity contribution in [2.75, 3.05) is 6.54 Å². The number of nitroso groups, excluding NO2 is 1. The second-order valence-corrected chi connectivity index (χ2v) is 13.4. The molecule has 3 rings (SSSR count). The second-order valence-electron chi connectivity index (χ2n) is 13.4. The molecule has 9 nitrogen and oxygen atoms in total. The largest absolute Gasteiger partial charge is 0.347 e. The average Bonchev–Trinajstić information content (AvgIpc) is 3.52. The van der Waals surface area contributed by atoms with E-state index in [2.05, 4.69) is 89.1 Å². The zero-order valence-corrected chi connectivity index (χ0v) is 31.7. The molecule has 0 amide bonds. The van der Waals surface area contributed by atoms with Crippen LogP contribution in [0.25, 0.3) is 0 Å². The summed E-state index contributed by atoms with van der Waals surface area (Å²) in [7, 11) is 0. The molecule has 1 aliphatic heterocycles. The Morgan fingerprint density at radius 3 is 2.04 bits per heavy atom. The number of aromatic nitrogens is 2. The molecule has 5 unspecified atom stereocenters. The van der Waals surface area contributed by atoms with Gasteiger partial charge < -0.3 is 9.47 Å². The average molecular weight is 679 g/mol. The molecule has 1 aromatic heterocycles. The maximum Gasteiger partial charge on any atom is 0.331 e. The molecule has 11 heteroatoms. The van der Waals surface area contributed by atoms with Crippen molar-refractivity contribution in [1.29, 1.82) is 5.26 Å². The normalized spacial score (nSPS) is 22.1. The van der Waals surface area contributed by atoms with Crippen molar-refractivity contribution < 1.29 is 9.47 Å². The molecule has 46 heavy (non-hydrogen) atoms. The van der Waals surface area contributed by atoms with Gasteiger partial charge in [-0.05, 0) is 72.1 Å². The summed E-state index contributed by atoms with van der Waals surface area (Å²) in [6.07, 6.45) is 10.6. The van der Waals surface area contributed by atoms with Crippen LogP contribution in [-0.2, 0) is 16.0 Å². The molecule has 260 valence electrons. The van der Waals surface area contributed by atoms with E-state index < -0.39 is 29.7 Å². The molecule has 1 aliphatic carbocycles. The van der Waals surface area contributed by atoms with E-state index in [4.69, 9.17) is 9.47 Å². The van der Waals surface area contributed by atoms with Crippen LogP contribution in [0.2, 0.25) is 0 Å². The van der Waals surface area contributed by atoms with Crippen molar-refractivity contribution in [1.82, 2.24) is 9.13 Å². The minimum Gasteiger partial charge on any atom is -0.347 e.